The highest BCUT2D eigenvalue weighted by atomic mass is 32.1. The molecule has 3 nitrogen and oxygen atoms in total. The van der Waals surface area contributed by atoms with Crippen LogP contribution in [0.1, 0.15) is 11.1 Å². The number of aromatic nitrogens is 1. The molecule has 0 fully saturated rings. The van der Waals surface area contributed by atoms with Crippen molar-refractivity contribution in [2.75, 3.05) is 12.3 Å². The minimum Gasteiger partial charge on any atom is -0.375 e. The normalized spacial score (nSPS) is 13.8. The van der Waals surface area contributed by atoms with Crippen LogP contribution in [0.4, 0.5) is 5.13 Å². The lowest BCUT2D eigenvalue weighted by Crippen LogP contribution is -2.23. The molecule has 110 valence electrons. The highest BCUT2D eigenvalue weighted by Crippen LogP contribution is 2.30. The molecule has 0 atom stereocenters. The molecule has 3 N–H and O–H groups in total. The van der Waals surface area contributed by atoms with E-state index in [1.54, 1.807) is 0 Å². The molecular formula is C18H17N3S. The van der Waals surface area contributed by atoms with Crippen LogP contribution in [0.5, 0.6) is 0 Å². The molecule has 4 heteroatoms. The van der Waals surface area contributed by atoms with Crippen molar-refractivity contribution in [1.82, 2.24) is 10.3 Å². The molecule has 22 heavy (non-hydrogen) atoms. The summed E-state index contributed by atoms with van der Waals surface area (Å²) in [7, 11) is 0. The van der Waals surface area contributed by atoms with Crippen molar-refractivity contribution in [3.8, 4) is 22.4 Å². The molecule has 0 unspecified atom stereocenters. The van der Waals surface area contributed by atoms with Crippen molar-refractivity contribution in [3.63, 3.8) is 0 Å². The Balaban J connectivity index is 1.72. The molecule has 0 saturated heterocycles. The third-order valence-electron chi connectivity index (χ3n) is 4.15. The van der Waals surface area contributed by atoms with Crippen molar-refractivity contribution in [2.24, 2.45) is 0 Å². The average Bonchev–Trinajstić information content (AvgIpc) is 3.01. The SMILES string of the molecule is Nc1nc(-c2ccc(-c3cccc4c3CCNC4)cc2)cs1. The quantitative estimate of drug-likeness (QED) is 0.759. The smallest absolute Gasteiger partial charge is 0.180 e. The number of nitrogens with one attached hydrogen (secondary N) is 1. The fourth-order valence-electron chi connectivity index (χ4n) is 3.04. The summed E-state index contributed by atoms with van der Waals surface area (Å²) >= 11 is 1.48. The molecular weight excluding hydrogens is 290 g/mol. The third-order valence-corrected chi connectivity index (χ3v) is 4.83. The number of nitrogens with two attached hydrogens (primary N) is 1. The second-order valence-corrected chi connectivity index (χ2v) is 6.41. The van der Waals surface area contributed by atoms with Gasteiger partial charge in [-0.2, -0.15) is 0 Å². The summed E-state index contributed by atoms with van der Waals surface area (Å²) in [6, 6.07) is 15.2. The van der Waals surface area contributed by atoms with E-state index in [0.717, 1.165) is 30.8 Å². The number of thiazole rings is 1. The van der Waals surface area contributed by atoms with E-state index in [4.69, 9.17) is 5.73 Å². The first-order valence-corrected chi connectivity index (χ1v) is 8.32. The van der Waals surface area contributed by atoms with E-state index in [9.17, 15) is 0 Å². The number of hydrogen-bond acceptors (Lipinski definition) is 4. The zero-order valence-electron chi connectivity index (χ0n) is 12.2. The summed E-state index contributed by atoms with van der Waals surface area (Å²) in [5.41, 5.74) is 13.3. The van der Waals surface area contributed by atoms with Gasteiger partial charge >= 0.3 is 0 Å². The van der Waals surface area contributed by atoms with Crippen LogP contribution in [-0.2, 0) is 13.0 Å². The Morgan fingerprint density at radius 1 is 1.05 bits per heavy atom. The summed E-state index contributed by atoms with van der Waals surface area (Å²) in [5, 5.41) is 6.05. The van der Waals surface area contributed by atoms with Gasteiger partial charge in [0.1, 0.15) is 0 Å². The Labute approximate surface area is 133 Å². The van der Waals surface area contributed by atoms with Gasteiger partial charge in [-0.15, -0.1) is 11.3 Å². The molecule has 0 bridgehead atoms. The van der Waals surface area contributed by atoms with Gasteiger partial charge in [-0.3, -0.25) is 0 Å². The van der Waals surface area contributed by atoms with Crippen molar-refractivity contribution in [3.05, 3.63) is 59.0 Å². The number of rotatable bonds is 2. The van der Waals surface area contributed by atoms with E-state index in [1.165, 1.54) is 33.6 Å². The van der Waals surface area contributed by atoms with Gasteiger partial charge in [0, 0.05) is 17.5 Å². The predicted octanol–water partition coefficient (Wildman–Crippen LogP) is 3.71. The van der Waals surface area contributed by atoms with Gasteiger partial charge in [0.05, 0.1) is 5.69 Å². The molecule has 1 aromatic heterocycles. The fourth-order valence-corrected chi connectivity index (χ4v) is 3.62. The minimum absolute atomic E-state index is 0.615. The predicted molar refractivity (Wildman–Crippen MR) is 92.8 cm³/mol. The molecule has 0 radical (unpaired) electrons. The van der Waals surface area contributed by atoms with E-state index in [2.05, 4.69) is 52.8 Å². The first-order chi connectivity index (χ1) is 10.8. The maximum Gasteiger partial charge on any atom is 0.180 e. The molecule has 4 rings (SSSR count). The molecule has 2 aromatic carbocycles. The van der Waals surface area contributed by atoms with Crippen LogP contribution in [0.25, 0.3) is 22.4 Å². The van der Waals surface area contributed by atoms with Crippen LogP contribution in [0.15, 0.2) is 47.8 Å². The average molecular weight is 307 g/mol. The Kier molecular flexibility index (Phi) is 3.41. The van der Waals surface area contributed by atoms with E-state index in [1.807, 2.05) is 5.38 Å². The Bertz CT molecular complexity index is 805. The number of fused-ring (bicyclic) bond motifs is 1. The number of hydrogen-bond donors (Lipinski definition) is 2. The lowest BCUT2D eigenvalue weighted by Gasteiger charge is -2.20. The molecule has 0 aliphatic carbocycles. The molecule has 0 saturated carbocycles. The van der Waals surface area contributed by atoms with Crippen LogP contribution >= 0.6 is 11.3 Å². The topological polar surface area (TPSA) is 50.9 Å². The molecule has 3 aromatic rings. The van der Waals surface area contributed by atoms with Crippen molar-refractivity contribution < 1.29 is 0 Å². The molecule has 0 amide bonds. The van der Waals surface area contributed by atoms with Gasteiger partial charge in [-0.05, 0) is 35.2 Å². The Morgan fingerprint density at radius 3 is 2.64 bits per heavy atom. The second-order valence-electron chi connectivity index (χ2n) is 5.52. The largest absolute Gasteiger partial charge is 0.375 e. The molecule has 0 spiro atoms. The van der Waals surface area contributed by atoms with E-state index >= 15 is 0 Å². The summed E-state index contributed by atoms with van der Waals surface area (Å²) in [6.45, 7) is 2.03. The molecule has 1 aliphatic rings. The highest BCUT2D eigenvalue weighted by molar-refractivity contribution is 7.13. The summed E-state index contributed by atoms with van der Waals surface area (Å²) in [4.78, 5) is 4.34. The zero-order valence-corrected chi connectivity index (χ0v) is 13.0. The number of anilines is 1. The lowest BCUT2D eigenvalue weighted by molar-refractivity contribution is 0.645. The fraction of sp³-hybridized carbons (Fsp3) is 0.167. The van der Waals surface area contributed by atoms with Crippen molar-refractivity contribution in [1.29, 1.82) is 0 Å². The number of nitrogens with zero attached hydrogens (tertiary/aromatic N) is 1. The van der Waals surface area contributed by atoms with E-state index in [0.29, 0.717) is 5.13 Å². The van der Waals surface area contributed by atoms with Gasteiger partial charge in [0.25, 0.3) is 0 Å². The van der Waals surface area contributed by atoms with Gasteiger partial charge in [0.2, 0.25) is 0 Å². The maximum atomic E-state index is 5.71. The van der Waals surface area contributed by atoms with Crippen molar-refractivity contribution in [2.45, 2.75) is 13.0 Å². The summed E-state index contributed by atoms with van der Waals surface area (Å²) < 4.78 is 0. The van der Waals surface area contributed by atoms with Gasteiger partial charge in [-0.1, -0.05) is 42.5 Å². The molecule has 1 aliphatic heterocycles. The highest BCUT2D eigenvalue weighted by Gasteiger charge is 2.13. The second kappa shape index (κ2) is 5.55. The van der Waals surface area contributed by atoms with Gasteiger partial charge < -0.3 is 11.1 Å². The Hall–Kier alpha value is -2.17. The standard InChI is InChI=1S/C18H17N3S/c19-18-21-17(11-22-18)13-6-4-12(5-7-13)15-3-1-2-14-10-20-9-8-16(14)15/h1-7,11,20H,8-10H2,(H2,19,21). The zero-order chi connectivity index (χ0) is 14.9. The minimum atomic E-state index is 0.615. The Morgan fingerprint density at radius 2 is 1.86 bits per heavy atom. The molecule has 2 heterocycles. The van der Waals surface area contributed by atoms with Crippen LogP contribution in [0.2, 0.25) is 0 Å². The monoisotopic (exact) mass is 307 g/mol. The first-order valence-electron chi connectivity index (χ1n) is 7.44. The van der Waals surface area contributed by atoms with Crippen LogP contribution in [0.3, 0.4) is 0 Å². The van der Waals surface area contributed by atoms with Gasteiger partial charge in [0.15, 0.2) is 5.13 Å². The maximum absolute atomic E-state index is 5.71. The number of nitrogen functional groups attached to an aromatic ring is 1. The van der Waals surface area contributed by atoms with Crippen LogP contribution in [0, 0.1) is 0 Å². The summed E-state index contributed by atoms with van der Waals surface area (Å²) in [5.74, 6) is 0. The van der Waals surface area contributed by atoms with Crippen molar-refractivity contribution >= 4 is 16.5 Å². The van der Waals surface area contributed by atoms with E-state index < -0.39 is 0 Å². The summed E-state index contributed by atoms with van der Waals surface area (Å²) in [6.07, 6.45) is 1.09. The van der Waals surface area contributed by atoms with Crippen LogP contribution < -0.4 is 11.1 Å². The third kappa shape index (κ3) is 2.40. The van der Waals surface area contributed by atoms with Crippen LogP contribution in [-0.4, -0.2) is 11.5 Å². The first kappa shape index (κ1) is 13.5. The van der Waals surface area contributed by atoms with E-state index in [-0.39, 0.29) is 0 Å². The number of benzene rings is 2. The van der Waals surface area contributed by atoms with Gasteiger partial charge in [-0.25, -0.2) is 4.98 Å². The lowest BCUT2D eigenvalue weighted by atomic mass is 9.91.